The SMILES string of the molecule is CCOc1ccc(C(=O)CSc2ccc(NC(=O)c3ccc([N+](=O)[O-])cc3)cc2)cc1. The van der Waals surface area contributed by atoms with Gasteiger partial charge in [-0.3, -0.25) is 19.7 Å². The summed E-state index contributed by atoms with van der Waals surface area (Å²) in [6.45, 7) is 2.48. The number of rotatable bonds is 9. The molecule has 0 aliphatic heterocycles. The molecule has 1 amide bonds. The van der Waals surface area contributed by atoms with E-state index in [-0.39, 0.29) is 17.4 Å². The summed E-state index contributed by atoms with van der Waals surface area (Å²) in [6.07, 6.45) is 0. The first-order chi connectivity index (χ1) is 15.0. The third kappa shape index (κ3) is 6.16. The molecule has 0 aliphatic rings. The number of amides is 1. The normalized spacial score (nSPS) is 10.4. The third-order valence-corrected chi connectivity index (χ3v) is 5.32. The van der Waals surface area contributed by atoms with Gasteiger partial charge in [0.25, 0.3) is 11.6 Å². The second kappa shape index (κ2) is 10.4. The molecule has 1 N–H and O–H groups in total. The summed E-state index contributed by atoms with van der Waals surface area (Å²) in [6, 6.07) is 19.6. The number of Topliss-reactive ketones (excluding diaryl/α,β-unsaturated/α-hetero) is 1. The molecule has 0 spiro atoms. The lowest BCUT2D eigenvalue weighted by Gasteiger charge is -2.07. The average Bonchev–Trinajstić information content (AvgIpc) is 2.79. The van der Waals surface area contributed by atoms with E-state index in [1.54, 1.807) is 36.4 Å². The van der Waals surface area contributed by atoms with Gasteiger partial charge in [-0.25, -0.2) is 0 Å². The minimum absolute atomic E-state index is 0.0172. The van der Waals surface area contributed by atoms with E-state index in [1.165, 1.54) is 36.0 Å². The van der Waals surface area contributed by atoms with Crippen LogP contribution in [0.5, 0.6) is 5.75 Å². The van der Waals surface area contributed by atoms with E-state index in [0.717, 1.165) is 10.6 Å². The maximum atomic E-state index is 12.4. The Bertz CT molecular complexity index is 1060. The van der Waals surface area contributed by atoms with Crippen molar-refractivity contribution in [2.45, 2.75) is 11.8 Å². The number of benzene rings is 3. The Balaban J connectivity index is 1.53. The molecule has 0 aromatic heterocycles. The van der Waals surface area contributed by atoms with Crippen LogP contribution in [0.25, 0.3) is 0 Å². The van der Waals surface area contributed by atoms with Crippen LogP contribution in [0.15, 0.2) is 77.7 Å². The van der Waals surface area contributed by atoms with E-state index in [1.807, 2.05) is 19.1 Å². The highest BCUT2D eigenvalue weighted by molar-refractivity contribution is 8.00. The van der Waals surface area contributed by atoms with Crippen LogP contribution in [0.4, 0.5) is 11.4 Å². The number of hydrogen-bond donors (Lipinski definition) is 1. The number of anilines is 1. The zero-order valence-electron chi connectivity index (χ0n) is 16.7. The largest absolute Gasteiger partial charge is 0.494 e. The smallest absolute Gasteiger partial charge is 0.269 e. The average molecular weight is 436 g/mol. The Morgan fingerprint density at radius 2 is 1.55 bits per heavy atom. The highest BCUT2D eigenvalue weighted by Crippen LogP contribution is 2.23. The number of hydrogen-bond acceptors (Lipinski definition) is 6. The summed E-state index contributed by atoms with van der Waals surface area (Å²) in [5, 5.41) is 13.4. The van der Waals surface area contributed by atoms with Gasteiger partial charge in [-0.05, 0) is 67.6 Å². The number of ketones is 1. The Labute approximate surface area is 183 Å². The van der Waals surface area contributed by atoms with Crippen LogP contribution in [0, 0.1) is 10.1 Å². The van der Waals surface area contributed by atoms with Crippen molar-refractivity contribution >= 4 is 34.8 Å². The predicted molar refractivity (Wildman–Crippen MR) is 120 cm³/mol. The summed E-state index contributed by atoms with van der Waals surface area (Å²) in [7, 11) is 0. The number of thioether (sulfide) groups is 1. The summed E-state index contributed by atoms with van der Waals surface area (Å²) < 4.78 is 5.38. The maximum Gasteiger partial charge on any atom is 0.269 e. The van der Waals surface area contributed by atoms with Gasteiger partial charge in [-0.15, -0.1) is 11.8 Å². The Kier molecular flexibility index (Phi) is 7.40. The second-order valence-electron chi connectivity index (χ2n) is 6.45. The molecule has 7 nitrogen and oxygen atoms in total. The molecule has 0 heterocycles. The molecule has 0 atom stereocenters. The first-order valence-electron chi connectivity index (χ1n) is 9.51. The molecule has 0 unspecified atom stereocenters. The van der Waals surface area contributed by atoms with Gasteiger partial charge in [0, 0.05) is 33.8 Å². The van der Waals surface area contributed by atoms with Gasteiger partial charge in [-0.1, -0.05) is 0 Å². The predicted octanol–water partition coefficient (Wildman–Crippen LogP) is 5.22. The zero-order chi connectivity index (χ0) is 22.2. The lowest BCUT2D eigenvalue weighted by molar-refractivity contribution is -0.384. The summed E-state index contributed by atoms with van der Waals surface area (Å²) in [5.74, 6) is 0.685. The highest BCUT2D eigenvalue weighted by Gasteiger charge is 2.10. The molecule has 8 heteroatoms. The first kappa shape index (κ1) is 22.0. The molecule has 31 heavy (non-hydrogen) atoms. The van der Waals surface area contributed by atoms with E-state index < -0.39 is 4.92 Å². The first-order valence-corrected chi connectivity index (χ1v) is 10.5. The van der Waals surface area contributed by atoms with Crippen molar-refractivity contribution in [3.05, 3.63) is 94.0 Å². The highest BCUT2D eigenvalue weighted by atomic mass is 32.2. The van der Waals surface area contributed by atoms with Gasteiger partial charge in [0.05, 0.1) is 17.3 Å². The number of nitro benzene ring substituents is 1. The number of ether oxygens (including phenoxy) is 1. The van der Waals surface area contributed by atoms with Gasteiger partial charge >= 0.3 is 0 Å². The van der Waals surface area contributed by atoms with E-state index in [0.29, 0.717) is 29.2 Å². The van der Waals surface area contributed by atoms with Crippen molar-refractivity contribution in [1.82, 2.24) is 0 Å². The summed E-state index contributed by atoms with van der Waals surface area (Å²) >= 11 is 1.41. The second-order valence-corrected chi connectivity index (χ2v) is 7.50. The Hall–Kier alpha value is -3.65. The minimum Gasteiger partial charge on any atom is -0.494 e. The number of carbonyl (C=O) groups excluding carboxylic acids is 2. The molecule has 0 fully saturated rings. The van der Waals surface area contributed by atoms with Crippen LogP contribution in [-0.4, -0.2) is 29.0 Å². The van der Waals surface area contributed by atoms with Gasteiger partial charge in [0.15, 0.2) is 5.78 Å². The van der Waals surface area contributed by atoms with E-state index >= 15 is 0 Å². The van der Waals surface area contributed by atoms with Crippen LogP contribution < -0.4 is 10.1 Å². The zero-order valence-corrected chi connectivity index (χ0v) is 17.6. The monoisotopic (exact) mass is 436 g/mol. The van der Waals surface area contributed by atoms with Gasteiger partial charge in [-0.2, -0.15) is 0 Å². The molecular formula is C23H20N2O5S. The molecule has 0 bridgehead atoms. The lowest BCUT2D eigenvalue weighted by Crippen LogP contribution is -2.11. The molecule has 0 radical (unpaired) electrons. The van der Waals surface area contributed by atoms with Crippen molar-refractivity contribution in [1.29, 1.82) is 0 Å². The van der Waals surface area contributed by atoms with Crippen LogP contribution in [0.2, 0.25) is 0 Å². The third-order valence-electron chi connectivity index (χ3n) is 4.31. The molecule has 0 aliphatic carbocycles. The fourth-order valence-electron chi connectivity index (χ4n) is 2.71. The number of nitro groups is 1. The van der Waals surface area contributed by atoms with Gasteiger partial charge < -0.3 is 10.1 Å². The lowest BCUT2D eigenvalue weighted by atomic mass is 10.1. The van der Waals surface area contributed by atoms with Crippen LogP contribution in [0.3, 0.4) is 0 Å². The fraction of sp³-hybridized carbons (Fsp3) is 0.130. The molecule has 0 saturated carbocycles. The Morgan fingerprint density at radius 3 is 2.13 bits per heavy atom. The van der Waals surface area contributed by atoms with Crippen molar-refractivity contribution < 1.29 is 19.2 Å². The van der Waals surface area contributed by atoms with Crippen molar-refractivity contribution in [3.8, 4) is 5.75 Å². The van der Waals surface area contributed by atoms with Crippen LogP contribution in [-0.2, 0) is 0 Å². The number of nitrogens with one attached hydrogen (secondary N) is 1. The summed E-state index contributed by atoms with van der Waals surface area (Å²) in [4.78, 5) is 35.7. The van der Waals surface area contributed by atoms with Crippen LogP contribution >= 0.6 is 11.8 Å². The van der Waals surface area contributed by atoms with Crippen LogP contribution in [0.1, 0.15) is 27.6 Å². The fourth-order valence-corrected chi connectivity index (χ4v) is 3.50. The standard InChI is InChI=1S/C23H20N2O5S/c1-2-30-20-11-5-16(6-12-20)22(26)15-31-21-13-7-18(8-14-21)24-23(27)17-3-9-19(10-4-17)25(28)29/h3-14H,2,15H2,1H3,(H,24,27). The summed E-state index contributed by atoms with van der Waals surface area (Å²) in [5.41, 5.74) is 1.47. The molecular weight excluding hydrogens is 416 g/mol. The molecule has 3 aromatic carbocycles. The van der Waals surface area contributed by atoms with E-state index in [4.69, 9.17) is 4.74 Å². The topological polar surface area (TPSA) is 98.5 Å². The van der Waals surface area contributed by atoms with Gasteiger partial charge in [0.1, 0.15) is 5.75 Å². The van der Waals surface area contributed by atoms with Crippen molar-refractivity contribution in [2.24, 2.45) is 0 Å². The van der Waals surface area contributed by atoms with Crippen molar-refractivity contribution in [2.75, 3.05) is 17.7 Å². The molecule has 158 valence electrons. The van der Waals surface area contributed by atoms with Gasteiger partial charge in [0.2, 0.25) is 0 Å². The maximum absolute atomic E-state index is 12.4. The number of non-ortho nitro benzene ring substituents is 1. The Morgan fingerprint density at radius 1 is 0.935 bits per heavy atom. The minimum atomic E-state index is -0.515. The number of nitrogens with zero attached hydrogens (tertiary/aromatic N) is 1. The van der Waals surface area contributed by atoms with Crippen molar-refractivity contribution in [3.63, 3.8) is 0 Å². The molecule has 0 saturated heterocycles. The molecule has 3 aromatic rings. The molecule has 3 rings (SSSR count). The van der Waals surface area contributed by atoms with E-state index in [9.17, 15) is 19.7 Å². The van der Waals surface area contributed by atoms with E-state index in [2.05, 4.69) is 5.32 Å². The quantitative estimate of drug-likeness (QED) is 0.214. The number of carbonyl (C=O) groups is 2.